The maximum atomic E-state index is 6.27. The molecule has 0 aliphatic heterocycles. The van der Waals surface area contributed by atoms with Crippen LogP contribution in [-0.4, -0.2) is 20.2 Å². The summed E-state index contributed by atoms with van der Waals surface area (Å²) in [6.45, 7) is 8.48. The maximum Gasteiger partial charge on any atom is 0.127 e. The van der Waals surface area contributed by atoms with Gasteiger partial charge in [-0.2, -0.15) is 0 Å². The van der Waals surface area contributed by atoms with Crippen molar-refractivity contribution in [2.75, 3.05) is 20.2 Å². The van der Waals surface area contributed by atoms with E-state index in [1.165, 1.54) is 5.57 Å². The first kappa shape index (κ1) is 16.1. The zero-order valence-electron chi connectivity index (χ0n) is 12.3. The minimum absolute atomic E-state index is 0.477. The van der Waals surface area contributed by atoms with Gasteiger partial charge in [0.05, 0.1) is 12.1 Å². The van der Waals surface area contributed by atoms with Crippen LogP contribution in [0.4, 0.5) is 0 Å². The van der Waals surface area contributed by atoms with Crippen LogP contribution >= 0.6 is 11.6 Å². The molecule has 0 unspecified atom stereocenters. The van der Waals surface area contributed by atoms with Gasteiger partial charge in [-0.1, -0.05) is 44.0 Å². The van der Waals surface area contributed by atoms with Gasteiger partial charge in [0.25, 0.3) is 0 Å². The molecular weight excluding hydrogens is 258 g/mol. The number of hydrogen-bond acceptors (Lipinski definition) is 2. The summed E-state index contributed by atoms with van der Waals surface area (Å²) in [4.78, 5) is 0. The zero-order valence-corrected chi connectivity index (χ0v) is 13.1. The van der Waals surface area contributed by atoms with Crippen LogP contribution in [0.5, 0.6) is 5.75 Å². The highest BCUT2D eigenvalue weighted by Gasteiger charge is 2.09. The third-order valence-electron chi connectivity index (χ3n) is 3.06. The fourth-order valence-electron chi connectivity index (χ4n) is 1.85. The van der Waals surface area contributed by atoms with E-state index in [0.29, 0.717) is 5.92 Å². The molecule has 0 amide bonds. The van der Waals surface area contributed by atoms with Gasteiger partial charge in [0.2, 0.25) is 0 Å². The number of halogens is 1. The molecule has 2 nitrogen and oxygen atoms in total. The van der Waals surface area contributed by atoms with E-state index in [9.17, 15) is 0 Å². The summed E-state index contributed by atoms with van der Waals surface area (Å²) in [6.07, 6.45) is 3.29. The Hall–Kier alpha value is -0.990. The van der Waals surface area contributed by atoms with Crippen molar-refractivity contribution in [1.29, 1.82) is 0 Å². The normalized spacial score (nSPS) is 12.0. The van der Waals surface area contributed by atoms with Gasteiger partial charge in [-0.15, -0.1) is 0 Å². The number of ether oxygens (including phenoxy) is 1. The van der Waals surface area contributed by atoms with Gasteiger partial charge in [0.1, 0.15) is 5.75 Å². The SMILES string of the molecule is CCCNC/C(=C/c1c(Cl)cccc1OC)C(C)C. The number of rotatable bonds is 7. The molecule has 0 saturated heterocycles. The third kappa shape index (κ3) is 4.88. The summed E-state index contributed by atoms with van der Waals surface area (Å²) >= 11 is 6.27. The molecule has 0 aliphatic rings. The van der Waals surface area contributed by atoms with Crippen molar-refractivity contribution in [3.05, 3.63) is 34.4 Å². The summed E-state index contributed by atoms with van der Waals surface area (Å²) in [5.41, 5.74) is 2.30. The molecular formula is C16H24ClNO. The van der Waals surface area contributed by atoms with E-state index in [-0.39, 0.29) is 0 Å². The van der Waals surface area contributed by atoms with Crippen LogP contribution in [0, 0.1) is 5.92 Å². The van der Waals surface area contributed by atoms with E-state index >= 15 is 0 Å². The lowest BCUT2D eigenvalue weighted by atomic mass is 9.99. The lowest BCUT2D eigenvalue weighted by Crippen LogP contribution is -2.20. The molecule has 0 spiro atoms. The van der Waals surface area contributed by atoms with Crippen molar-refractivity contribution in [2.45, 2.75) is 27.2 Å². The molecule has 0 saturated carbocycles. The van der Waals surface area contributed by atoms with Crippen molar-refractivity contribution in [3.8, 4) is 5.75 Å². The fourth-order valence-corrected chi connectivity index (χ4v) is 2.07. The average Bonchev–Trinajstić information content (AvgIpc) is 2.39. The second-order valence-electron chi connectivity index (χ2n) is 4.91. The van der Waals surface area contributed by atoms with Crippen LogP contribution in [0.2, 0.25) is 5.02 Å². The molecule has 1 N–H and O–H groups in total. The first-order valence-electron chi connectivity index (χ1n) is 6.83. The minimum Gasteiger partial charge on any atom is -0.496 e. The van der Waals surface area contributed by atoms with E-state index in [0.717, 1.165) is 35.8 Å². The topological polar surface area (TPSA) is 21.3 Å². The molecule has 0 radical (unpaired) electrons. The molecule has 1 aromatic carbocycles. The Balaban J connectivity index is 3.01. The Bertz CT molecular complexity index is 427. The Kier molecular flexibility index (Phi) is 6.96. The van der Waals surface area contributed by atoms with Crippen molar-refractivity contribution >= 4 is 17.7 Å². The number of nitrogens with one attached hydrogen (secondary N) is 1. The molecule has 0 fully saturated rings. The first-order chi connectivity index (χ1) is 9.10. The van der Waals surface area contributed by atoms with E-state index in [1.54, 1.807) is 7.11 Å². The second-order valence-corrected chi connectivity index (χ2v) is 5.31. The molecule has 0 bridgehead atoms. The summed E-state index contributed by atoms with van der Waals surface area (Å²) in [5.74, 6) is 1.30. The first-order valence-corrected chi connectivity index (χ1v) is 7.21. The maximum absolute atomic E-state index is 6.27. The lowest BCUT2D eigenvalue weighted by Gasteiger charge is -2.14. The van der Waals surface area contributed by atoms with Crippen molar-refractivity contribution in [2.24, 2.45) is 5.92 Å². The summed E-state index contributed by atoms with van der Waals surface area (Å²) in [5, 5.41) is 4.17. The Morgan fingerprint density at radius 3 is 2.74 bits per heavy atom. The summed E-state index contributed by atoms with van der Waals surface area (Å²) in [7, 11) is 1.67. The van der Waals surface area contributed by atoms with Gasteiger partial charge >= 0.3 is 0 Å². The van der Waals surface area contributed by atoms with Crippen molar-refractivity contribution in [3.63, 3.8) is 0 Å². The standard InChI is InChI=1S/C16H24ClNO/c1-5-9-18-11-13(12(2)3)10-14-15(17)7-6-8-16(14)19-4/h6-8,10,12,18H,5,9,11H2,1-4H3/b13-10-. The van der Waals surface area contributed by atoms with E-state index in [1.807, 2.05) is 18.2 Å². The Morgan fingerprint density at radius 2 is 2.16 bits per heavy atom. The largest absolute Gasteiger partial charge is 0.496 e. The fraction of sp³-hybridized carbons (Fsp3) is 0.500. The molecule has 0 heterocycles. The number of methoxy groups -OCH3 is 1. The zero-order chi connectivity index (χ0) is 14.3. The highest BCUT2D eigenvalue weighted by atomic mass is 35.5. The molecule has 0 aromatic heterocycles. The minimum atomic E-state index is 0.477. The van der Waals surface area contributed by atoms with Gasteiger partial charge in [-0.05, 0) is 37.1 Å². The summed E-state index contributed by atoms with van der Waals surface area (Å²) in [6, 6.07) is 5.74. The van der Waals surface area contributed by atoms with Crippen LogP contribution in [0.1, 0.15) is 32.8 Å². The molecule has 0 aliphatic carbocycles. The van der Waals surface area contributed by atoms with Crippen LogP contribution < -0.4 is 10.1 Å². The van der Waals surface area contributed by atoms with Crippen molar-refractivity contribution in [1.82, 2.24) is 5.32 Å². The highest BCUT2D eigenvalue weighted by molar-refractivity contribution is 6.32. The molecule has 106 valence electrons. The third-order valence-corrected chi connectivity index (χ3v) is 3.39. The van der Waals surface area contributed by atoms with Crippen LogP contribution in [0.25, 0.3) is 6.08 Å². The molecule has 19 heavy (non-hydrogen) atoms. The molecule has 0 atom stereocenters. The average molecular weight is 282 g/mol. The molecule has 1 rings (SSSR count). The van der Waals surface area contributed by atoms with Crippen LogP contribution in [-0.2, 0) is 0 Å². The number of benzene rings is 1. The predicted octanol–water partition coefficient (Wildman–Crippen LogP) is 4.39. The Morgan fingerprint density at radius 1 is 1.42 bits per heavy atom. The van der Waals surface area contributed by atoms with E-state index < -0.39 is 0 Å². The van der Waals surface area contributed by atoms with Gasteiger partial charge < -0.3 is 10.1 Å². The predicted molar refractivity (Wildman–Crippen MR) is 84.0 cm³/mol. The van der Waals surface area contributed by atoms with Crippen LogP contribution in [0.3, 0.4) is 0 Å². The van der Waals surface area contributed by atoms with Gasteiger partial charge in [-0.3, -0.25) is 0 Å². The van der Waals surface area contributed by atoms with Crippen LogP contribution in [0.15, 0.2) is 23.8 Å². The Labute approximate surface area is 121 Å². The lowest BCUT2D eigenvalue weighted by molar-refractivity contribution is 0.414. The van der Waals surface area contributed by atoms with Gasteiger partial charge in [0, 0.05) is 12.1 Å². The molecule has 3 heteroatoms. The van der Waals surface area contributed by atoms with E-state index in [2.05, 4.69) is 32.2 Å². The van der Waals surface area contributed by atoms with E-state index in [4.69, 9.17) is 16.3 Å². The van der Waals surface area contributed by atoms with Gasteiger partial charge in [-0.25, -0.2) is 0 Å². The smallest absolute Gasteiger partial charge is 0.127 e. The quantitative estimate of drug-likeness (QED) is 0.749. The van der Waals surface area contributed by atoms with Gasteiger partial charge in [0.15, 0.2) is 0 Å². The second kappa shape index (κ2) is 8.23. The van der Waals surface area contributed by atoms with Crippen molar-refractivity contribution < 1.29 is 4.74 Å². The highest BCUT2D eigenvalue weighted by Crippen LogP contribution is 2.29. The summed E-state index contributed by atoms with van der Waals surface area (Å²) < 4.78 is 5.38. The number of hydrogen-bond donors (Lipinski definition) is 1. The molecule has 1 aromatic rings. The monoisotopic (exact) mass is 281 g/mol.